The molecule has 20 heavy (non-hydrogen) atoms. The van der Waals surface area contributed by atoms with Gasteiger partial charge in [0.1, 0.15) is 0 Å². The fourth-order valence-corrected chi connectivity index (χ4v) is 3.67. The minimum atomic E-state index is -3.28. The minimum Gasteiger partial charge on any atom is -0.264 e. The zero-order valence-corrected chi connectivity index (χ0v) is 12.0. The first-order valence-corrected chi connectivity index (χ1v) is 8.18. The van der Waals surface area contributed by atoms with Crippen LogP contribution in [-0.2, 0) is 10.0 Å². The predicted octanol–water partition coefficient (Wildman–Crippen LogP) is 1.80. The van der Waals surface area contributed by atoms with Crippen LogP contribution < -0.4 is 0 Å². The molecule has 0 saturated heterocycles. The molecule has 0 bridgehead atoms. The Hall–Kier alpha value is -1.71. The third kappa shape index (κ3) is 3.65. The van der Waals surface area contributed by atoms with Gasteiger partial charge in [-0.3, -0.25) is 4.98 Å². The van der Waals surface area contributed by atoms with Gasteiger partial charge in [-0.15, -0.1) is 0 Å². The maximum atomic E-state index is 12.2. The van der Waals surface area contributed by atoms with E-state index in [4.69, 9.17) is 5.26 Å². The van der Waals surface area contributed by atoms with E-state index in [0.29, 0.717) is 25.9 Å². The average molecular weight is 291 g/mol. The second-order valence-corrected chi connectivity index (χ2v) is 6.76. The maximum Gasteiger partial charge on any atom is 0.214 e. The van der Waals surface area contributed by atoms with Gasteiger partial charge in [-0.25, -0.2) is 8.42 Å². The Balaban J connectivity index is 2.06. The Kier molecular flexibility index (Phi) is 4.88. The highest BCUT2D eigenvalue weighted by atomic mass is 32.2. The van der Waals surface area contributed by atoms with E-state index < -0.39 is 10.0 Å². The summed E-state index contributed by atoms with van der Waals surface area (Å²) in [6, 6.07) is 5.75. The molecule has 106 valence electrons. The molecular formula is C14H17N3O2S. The van der Waals surface area contributed by atoms with Crippen molar-refractivity contribution in [1.82, 2.24) is 9.29 Å². The van der Waals surface area contributed by atoms with Crippen LogP contribution in [0, 0.1) is 11.3 Å². The average Bonchev–Trinajstić information content (AvgIpc) is 2.48. The standard InChI is InChI=1S/C14H17N3O2S/c15-7-1-2-10-20(18,19)17-9-4-6-14(12-17)13-5-3-8-16-11-13/h3,5-6,8,11H,1-2,4,9-10,12H2. The van der Waals surface area contributed by atoms with Crippen LogP contribution in [0.25, 0.3) is 5.57 Å². The van der Waals surface area contributed by atoms with E-state index in [0.717, 1.165) is 11.1 Å². The molecule has 1 aliphatic rings. The van der Waals surface area contributed by atoms with E-state index in [1.165, 1.54) is 4.31 Å². The molecule has 0 aliphatic carbocycles. The second kappa shape index (κ2) is 6.64. The van der Waals surface area contributed by atoms with Crippen molar-refractivity contribution in [3.05, 3.63) is 36.2 Å². The predicted molar refractivity (Wildman–Crippen MR) is 77.0 cm³/mol. The molecule has 1 aliphatic heterocycles. The number of hydrogen-bond donors (Lipinski definition) is 0. The number of nitrogens with zero attached hydrogens (tertiary/aromatic N) is 3. The molecule has 6 heteroatoms. The van der Waals surface area contributed by atoms with E-state index in [-0.39, 0.29) is 12.2 Å². The Labute approximate surface area is 119 Å². The highest BCUT2D eigenvalue weighted by molar-refractivity contribution is 7.89. The Morgan fingerprint density at radius 1 is 1.45 bits per heavy atom. The van der Waals surface area contributed by atoms with Crippen molar-refractivity contribution < 1.29 is 8.42 Å². The second-order valence-electron chi connectivity index (χ2n) is 4.67. The van der Waals surface area contributed by atoms with Crippen LogP contribution in [0.3, 0.4) is 0 Å². The molecule has 2 heterocycles. The molecule has 1 aromatic rings. The van der Waals surface area contributed by atoms with Crippen LogP contribution in [-0.4, -0.2) is 36.5 Å². The van der Waals surface area contributed by atoms with Gasteiger partial charge < -0.3 is 0 Å². The quantitative estimate of drug-likeness (QED) is 0.775. The number of aromatic nitrogens is 1. The van der Waals surface area contributed by atoms with Crippen LogP contribution in [0.4, 0.5) is 0 Å². The van der Waals surface area contributed by atoms with Crippen molar-refractivity contribution >= 4 is 15.6 Å². The van der Waals surface area contributed by atoms with Crippen molar-refractivity contribution in [2.24, 2.45) is 0 Å². The summed E-state index contributed by atoms with van der Waals surface area (Å²) in [5.41, 5.74) is 1.96. The summed E-state index contributed by atoms with van der Waals surface area (Å²) < 4.78 is 25.9. The molecule has 0 spiro atoms. The van der Waals surface area contributed by atoms with Crippen molar-refractivity contribution in [3.63, 3.8) is 0 Å². The molecule has 5 nitrogen and oxygen atoms in total. The molecular weight excluding hydrogens is 274 g/mol. The van der Waals surface area contributed by atoms with Gasteiger partial charge in [0.15, 0.2) is 0 Å². The van der Waals surface area contributed by atoms with Gasteiger partial charge in [0.05, 0.1) is 11.8 Å². The fraction of sp³-hybridized carbons (Fsp3) is 0.429. The topological polar surface area (TPSA) is 74.1 Å². The highest BCUT2D eigenvalue weighted by Gasteiger charge is 2.25. The fourth-order valence-electron chi connectivity index (χ4n) is 2.18. The monoisotopic (exact) mass is 291 g/mol. The van der Waals surface area contributed by atoms with Gasteiger partial charge >= 0.3 is 0 Å². The first kappa shape index (κ1) is 14.7. The Morgan fingerprint density at radius 2 is 2.30 bits per heavy atom. The molecule has 0 amide bonds. The van der Waals surface area contributed by atoms with Gasteiger partial charge in [-0.2, -0.15) is 9.57 Å². The van der Waals surface area contributed by atoms with Crippen molar-refractivity contribution in [2.75, 3.05) is 18.8 Å². The van der Waals surface area contributed by atoms with Crippen LogP contribution in [0.15, 0.2) is 30.6 Å². The molecule has 2 rings (SSSR count). The molecule has 0 atom stereocenters. The van der Waals surface area contributed by atoms with Gasteiger partial charge in [-0.05, 0) is 30.0 Å². The van der Waals surface area contributed by atoms with E-state index >= 15 is 0 Å². The number of hydrogen-bond acceptors (Lipinski definition) is 4. The first-order chi connectivity index (χ1) is 9.63. The molecule has 0 N–H and O–H groups in total. The van der Waals surface area contributed by atoms with E-state index in [1.54, 1.807) is 12.4 Å². The van der Waals surface area contributed by atoms with Crippen LogP contribution >= 0.6 is 0 Å². The summed E-state index contributed by atoms with van der Waals surface area (Å²) in [7, 11) is -3.28. The van der Waals surface area contributed by atoms with Gasteiger partial charge in [0, 0.05) is 31.9 Å². The van der Waals surface area contributed by atoms with Crippen molar-refractivity contribution in [3.8, 4) is 6.07 Å². The summed E-state index contributed by atoms with van der Waals surface area (Å²) in [6.07, 6.45) is 6.89. The van der Waals surface area contributed by atoms with Crippen LogP contribution in [0.2, 0.25) is 0 Å². The maximum absolute atomic E-state index is 12.2. The summed E-state index contributed by atoms with van der Waals surface area (Å²) in [6.45, 7) is 0.902. The van der Waals surface area contributed by atoms with E-state index in [1.807, 2.05) is 18.2 Å². The molecule has 0 saturated carbocycles. The van der Waals surface area contributed by atoms with Crippen molar-refractivity contribution in [2.45, 2.75) is 19.3 Å². The third-order valence-corrected chi connectivity index (χ3v) is 5.14. The lowest BCUT2D eigenvalue weighted by Crippen LogP contribution is -2.37. The summed E-state index contributed by atoms with van der Waals surface area (Å²) in [4.78, 5) is 4.06. The molecule has 0 aromatic carbocycles. The lowest BCUT2D eigenvalue weighted by atomic mass is 10.0. The molecule has 1 aromatic heterocycles. The van der Waals surface area contributed by atoms with E-state index in [9.17, 15) is 8.42 Å². The SMILES string of the molecule is N#CCCCS(=O)(=O)N1CCC=C(c2cccnc2)C1. The lowest BCUT2D eigenvalue weighted by molar-refractivity contribution is 0.442. The third-order valence-electron chi connectivity index (χ3n) is 3.23. The summed E-state index contributed by atoms with van der Waals surface area (Å²) >= 11 is 0. The van der Waals surface area contributed by atoms with Crippen molar-refractivity contribution in [1.29, 1.82) is 5.26 Å². The largest absolute Gasteiger partial charge is 0.264 e. The smallest absolute Gasteiger partial charge is 0.214 e. The normalized spacial score (nSPS) is 16.4. The van der Waals surface area contributed by atoms with Gasteiger partial charge in [-0.1, -0.05) is 12.1 Å². The molecule has 0 unspecified atom stereocenters. The van der Waals surface area contributed by atoms with Crippen LogP contribution in [0.1, 0.15) is 24.8 Å². The minimum absolute atomic E-state index is 0.0425. The van der Waals surface area contributed by atoms with Gasteiger partial charge in [0.25, 0.3) is 0 Å². The summed E-state index contributed by atoms with van der Waals surface area (Å²) in [5.74, 6) is 0.0425. The zero-order chi connectivity index (χ0) is 14.4. The number of nitriles is 1. The van der Waals surface area contributed by atoms with E-state index in [2.05, 4.69) is 11.1 Å². The Morgan fingerprint density at radius 3 is 3.00 bits per heavy atom. The number of rotatable bonds is 5. The highest BCUT2D eigenvalue weighted by Crippen LogP contribution is 2.22. The molecule has 0 fully saturated rings. The zero-order valence-electron chi connectivity index (χ0n) is 11.2. The van der Waals surface area contributed by atoms with Gasteiger partial charge in [0.2, 0.25) is 10.0 Å². The Bertz CT molecular complexity index is 618. The van der Waals surface area contributed by atoms with Crippen LogP contribution in [0.5, 0.6) is 0 Å². The lowest BCUT2D eigenvalue weighted by Gasteiger charge is -2.26. The number of pyridine rings is 1. The first-order valence-electron chi connectivity index (χ1n) is 6.58. The molecule has 0 radical (unpaired) electrons. The summed E-state index contributed by atoms with van der Waals surface area (Å²) in [5, 5.41) is 8.49. The number of unbranched alkanes of at least 4 members (excludes halogenated alkanes) is 1. The number of sulfonamides is 1.